The summed E-state index contributed by atoms with van der Waals surface area (Å²) in [5.41, 5.74) is 16.1. The van der Waals surface area contributed by atoms with E-state index in [4.69, 9.17) is 25.7 Å². The van der Waals surface area contributed by atoms with Crippen molar-refractivity contribution in [1.29, 1.82) is 0 Å². The van der Waals surface area contributed by atoms with E-state index in [1.165, 1.54) is 25.0 Å². The summed E-state index contributed by atoms with van der Waals surface area (Å²) in [4.78, 5) is 25.3. The number of halogens is 2. The number of nitrogens with two attached hydrogens (primary N) is 2. The third-order valence-corrected chi connectivity index (χ3v) is 12.8. The van der Waals surface area contributed by atoms with Crippen LogP contribution >= 0.6 is 0 Å². The van der Waals surface area contributed by atoms with Gasteiger partial charge >= 0.3 is 11.9 Å². The van der Waals surface area contributed by atoms with Crippen molar-refractivity contribution >= 4 is 11.9 Å². The number of hydrogen-bond donors (Lipinski definition) is 2. The lowest BCUT2D eigenvalue weighted by atomic mass is 9.60. The third-order valence-electron chi connectivity index (χ3n) is 12.8. The van der Waals surface area contributed by atoms with Crippen molar-refractivity contribution < 1.29 is 32.6 Å². The van der Waals surface area contributed by atoms with Gasteiger partial charge in [0, 0.05) is 61.1 Å². The van der Waals surface area contributed by atoms with Crippen molar-refractivity contribution in [2.45, 2.75) is 152 Å². The van der Waals surface area contributed by atoms with Gasteiger partial charge in [0.2, 0.25) is 0 Å². The molecule has 0 aliphatic heterocycles. The first kappa shape index (κ1) is 37.9. The van der Waals surface area contributed by atoms with Crippen molar-refractivity contribution in [3.05, 3.63) is 58.2 Å². The van der Waals surface area contributed by atoms with Gasteiger partial charge in [-0.05, 0) is 110 Å². The van der Waals surface area contributed by atoms with Crippen LogP contribution in [-0.4, -0.2) is 37.2 Å². The molecule has 0 aromatic heterocycles. The predicted octanol–water partition coefficient (Wildman–Crippen LogP) is 8.28. The van der Waals surface area contributed by atoms with Crippen LogP contribution in [0, 0.1) is 23.5 Å². The molecule has 280 valence electrons. The molecule has 2 aromatic rings. The van der Waals surface area contributed by atoms with Crippen molar-refractivity contribution in [2.24, 2.45) is 23.3 Å². The van der Waals surface area contributed by atoms with Gasteiger partial charge in [0.25, 0.3) is 0 Å². The van der Waals surface area contributed by atoms with E-state index < -0.39 is 11.9 Å². The van der Waals surface area contributed by atoms with Crippen LogP contribution in [0.2, 0.25) is 0 Å². The number of hydrogen-bond acceptors (Lipinski definition) is 7. The van der Waals surface area contributed by atoms with Crippen LogP contribution in [-0.2, 0) is 38.0 Å². The van der Waals surface area contributed by atoms with Gasteiger partial charge in [-0.1, -0.05) is 52.4 Å². The summed E-state index contributed by atoms with van der Waals surface area (Å²) < 4.78 is 47.5. The zero-order valence-corrected chi connectivity index (χ0v) is 30.7. The Kier molecular flexibility index (Phi) is 12.2. The van der Waals surface area contributed by atoms with Crippen LogP contribution in [0.5, 0.6) is 11.5 Å². The average Bonchev–Trinajstić information content (AvgIpc) is 3.08. The number of carbonyl (C=O) groups is 2. The minimum absolute atomic E-state index is 0.0340. The Morgan fingerprint density at radius 1 is 0.667 bits per heavy atom. The van der Waals surface area contributed by atoms with E-state index in [9.17, 15) is 9.59 Å². The predicted molar refractivity (Wildman–Crippen MR) is 194 cm³/mol. The Morgan fingerprint density at radius 3 is 1.53 bits per heavy atom. The van der Waals surface area contributed by atoms with E-state index in [1.807, 2.05) is 12.1 Å². The maximum atomic E-state index is 15.3. The Labute approximate surface area is 302 Å². The normalized spacial score (nSPS) is 28.7. The average molecular weight is 709 g/mol. The topological polar surface area (TPSA) is 114 Å². The first-order valence-electron chi connectivity index (χ1n) is 19.7. The molecule has 4 aliphatic rings. The number of fused-ring (bicyclic) bond motifs is 8. The second kappa shape index (κ2) is 16.4. The first-order chi connectivity index (χ1) is 24.5. The number of ether oxygens (including phenoxy) is 3. The number of unbranched alkanes of at least 4 members (excludes halogenated alkanes) is 2. The van der Waals surface area contributed by atoms with Gasteiger partial charge in [0.05, 0.1) is 0 Å². The van der Waals surface area contributed by atoms with Crippen LogP contribution in [0.1, 0.15) is 139 Å². The molecule has 0 spiro atoms. The molecule has 4 aliphatic carbocycles. The monoisotopic (exact) mass is 708 g/mol. The SMILES string of the molecule is C[C@@]12CCCCCC(Cc3c(F)cc(OC(=O)CCCCOCCCCC(=O)Oc4cc(F)c5c(c4)[C@@]4(C)CCCCC[C@@H](C5)[C@@H]4N)cc31)[C@@H]2N. The third kappa shape index (κ3) is 8.36. The molecule has 6 atom stereocenters. The van der Waals surface area contributed by atoms with Crippen LogP contribution < -0.4 is 20.9 Å². The van der Waals surface area contributed by atoms with Gasteiger partial charge in [-0.25, -0.2) is 8.78 Å². The van der Waals surface area contributed by atoms with Crippen molar-refractivity contribution in [2.75, 3.05) is 13.2 Å². The molecule has 51 heavy (non-hydrogen) atoms. The highest BCUT2D eigenvalue weighted by molar-refractivity contribution is 5.73. The summed E-state index contributed by atoms with van der Waals surface area (Å²) in [7, 11) is 0. The molecular formula is C42H58F2N2O5. The fraction of sp³-hybridized carbons (Fsp3) is 0.667. The number of esters is 2. The maximum Gasteiger partial charge on any atom is 0.311 e. The van der Waals surface area contributed by atoms with E-state index in [2.05, 4.69) is 13.8 Å². The lowest BCUT2D eigenvalue weighted by Crippen LogP contribution is -2.53. The maximum absolute atomic E-state index is 15.3. The molecule has 0 heterocycles. The molecular weight excluding hydrogens is 650 g/mol. The minimum Gasteiger partial charge on any atom is -0.426 e. The Morgan fingerprint density at radius 2 is 1.10 bits per heavy atom. The molecule has 2 aromatic carbocycles. The highest BCUT2D eigenvalue weighted by Gasteiger charge is 2.46. The lowest BCUT2D eigenvalue weighted by Gasteiger charge is -2.47. The highest BCUT2D eigenvalue weighted by Crippen LogP contribution is 2.49. The fourth-order valence-corrected chi connectivity index (χ4v) is 9.68. The van der Waals surface area contributed by atoms with Crippen LogP contribution in [0.25, 0.3) is 0 Å². The molecule has 9 heteroatoms. The van der Waals surface area contributed by atoms with E-state index in [0.29, 0.717) is 51.7 Å². The van der Waals surface area contributed by atoms with Gasteiger partial charge in [0.15, 0.2) is 0 Å². The van der Waals surface area contributed by atoms with Crippen molar-refractivity contribution in [1.82, 2.24) is 0 Å². The second-order valence-electron chi connectivity index (χ2n) is 16.4. The molecule has 0 saturated heterocycles. The summed E-state index contributed by atoms with van der Waals surface area (Å²) in [6.07, 6.45) is 14.8. The highest BCUT2D eigenvalue weighted by atomic mass is 19.1. The number of rotatable bonds is 12. The standard InChI is InChI=1S/C42H58F2N2O5/c1-41-17-9-3-5-13-27(39(41)45)21-31-33(41)23-29(25-35(31)43)50-37(47)15-7-11-19-49-20-12-8-16-38(48)51-30-24-34-32(36(44)26-30)22-28-14-6-4-10-18-42(34,2)40(28)46/h23-28,39-40H,3-22,45-46H2,1-2H3/t27-,28?,39-,40-,41+,42+/m0/s1. The fourth-order valence-electron chi connectivity index (χ4n) is 9.68. The minimum atomic E-state index is -0.390. The van der Waals surface area contributed by atoms with E-state index >= 15 is 8.78 Å². The first-order valence-corrected chi connectivity index (χ1v) is 19.7. The zero-order valence-electron chi connectivity index (χ0n) is 30.7. The van der Waals surface area contributed by atoms with E-state index in [1.54, 1.807) is 0 Å². The largest absolute Gasteiger partial charge is 0.426 e. The quantitative estimate of drug-likeness (QED) is 0.130. The Hall–Kier alpha value is -2.88. The number of benzene rings is 2. The Bertz CT molecular complexity index is 1450. The molecule has 4 bridgehead atoms. The molecule has 1 unspecified atom stereocenters. The smallest absolute Gasteiger partial charge is 0.311 e. The van der Waals surface area contributed by atoms with E-state index in [0.717, 1.165) is 73.6 Å². The van der Waals surface area contributed by atoms with Gasteiger partial charge in [-0.2, -0.15) is 0 Å². The molecule has 0 radical (unpaired) electrons. The van der Waals surface area contributed by atoms with Gasteiger partial charge in [0.1, 0.15) is 23.1 Å². The summed E-state index contributed by atoms with van der Waals surface area (Å²) in [5.74, 6) is -0.329. The summed E-state index contributed by atoms with van der Waals surface area (Å²) in [6.45, 7) is 5.26. The summed E-state index contributed by atoms with van der Waals surface area (Å²) in [5, 5.41) is 0. The summed E-state index contributed by atoms with van der Waals surface area (Å²) in [6, 6.07) is 6.33. The Balaban J connectivity index is 0.885. The van der Waals surface area contributed by atoms with Crippen molar-refractivity contribution in [3.8, 4) is 11.5 Å². The molecule has 6 rings (SSSR count). The number of carbonyl (C=O) groups excluding carboxylic acids is 2. The second-order valence-corrected chi connectivity index (χ2v) is 16.4. The molecule has 2 saturated carbocycles. The summed E-state index contributed by atoms with van der Waals surface area (Å²) >= 11 is 0. The molecule has 7 nitrogen and oxygen atoms in total. The molecule has 4 N–H and O–H groups in total. The van der Waals surface area contributed by atoms with Crippen molar-refractivity contribution in [3.63, 3.8) is 0 Å². The van der Waals surface area contributed by atoms with Gasteiger partial charge in [-0.3, -0.25) is 9.59 Å². The molecule has 2 fully saturated rings. The van der Waals surface area contributed by atoms with E-state index in [-0.39, 0.29) is 70.7 Å². The zero-order chi connectivity index (χ0) is 36.2. The van der Waals surface area contributed by atoms with Crippen LogP contribution in [0.3, 0.4) is 0 Å². The van der Waals surface area contributed by atoms with Crippen LogP contribution in [0.15, 0.2) is 24.3 Å². The van der Waals surface area contributed by atoms with Gasteiger partial charge < -0.3 is 25.7 Å². The molecule has 0 amide bonds. The lowest BCUT2D eigenvalue weighted by molar-refractivity contribution is -0.135. The van der Waals surface area contributed by atoms with Crippen LogP contribution in [0.4, 0.5) is 8.78 Å². The van der Waals surface area contributed by atoms with Gasteiger partial charge in [-0.15, -0.1) is 0 Å².